The predicted octanol–water partition coefficient (Wildman–Crippen LogP) is 4.47. The van der Waals surface area contributed by atoms with Gasteiger partial charge in [0.05, 0.1) is 29.2 Å². The summed E-state index contributed by atoms with van der Waals surface area (Å²) in [6.45, 7) is 0. The van der Waals surface area contributed by atoms with Crippen LogP contribution < -0.4 is 0 Å². The molecule has 0 radical (unpaired) electrons. The molecule has 5 rings (SSSR count). The van der Waals surface area contributed by atoms with Crippen LogP contribution in [0.4, 0.5) is 0 Å². The highest BCUT2D eigenvalue weighted by molar-refractivity contribution is 5.83. The number of benzene rings is 2. The predicted molar refractivity (Wildman–Crippen MR) is 95.9 cm³/mol. The van der Waals surface area contributed by atoms with E-state index in [1.165, 1.54) is 0 Å². The van der Waals surface area contributed by atoms with Crippen LogP contribution in [0, 0.1) is 0 Å². The molecule has 0 unspecified atom stereocenters. The second-order valence-electron chi connectivity index (χ2n) is 5.80. The molecule has 0 amide bonds. The van der Waals surface area contributed by atoms with Crippen LogP contribution in [0.3, 0.4) is 0 Å². The van der Waals surface area contributed by atoms with Crippen LogP contribution in [0.25, 0.3) is 33.5 Å². The van der Waals surface area contributed by atoms with Crippen molar-refractivity contribution >= 4 is 11.0 Å². The monoisotopic (exact) mass is 326 g/mol. The molecule has 3 aromatic heterocycles. The van der Waals surface area contributed by atoms with Crippen molar-refractivity contribution in [1.29, 1.82) is 0 Å². The smallest absolute Gasteiger partial charge is 0.100 e. The molecule has 2 aromatic carbocycles. The quantitative estimate of drug-likeness (QED) is 0.491. The standard InChI is InChI=1S/C20H14N4O/c1-3-17(12-18(4-1)24-9-2-8-22-24)23-14-21-19-11-15(5-6-20(19)23)16-7-10-25-13-16/h1-14H. The van der Waals surface area contributed by atoms with Crippen molar-refractivity contribution in [2.24, 2.45) is 0 Å². The topological polar surface area (TPSA) is 48.8 Å². The van der Waals surface area contributed by atoms with E-state index in [1.54, 1.807) is 18.7 Å². The zero-order valence-corrected chi connectivity index (χ0v) is 13.3. The van der Waals surface area contributed by atoms with Crippen LogP contribution in [-0.4, -0.2) is 19.3 Å². The second kappa shape index (κ2) is 5.49. The van der Waals surface area contributed by atoms with E-state index in [-0.39, 0.29) is 0 Å². The first-order valence-electron chi connectivity index (χ1n) is 7.99. The molecule has 0 fully saturated rings. The number of rotatable bonds is 3. The maximum absolute atomic E-state index is 5.17. The summed E-state index contributed by atoms with van der Waals surface area (Å²) in [4.78, 5) is 4.57. The molecule has 0 bridgehead atoms. The van der Waals surface area contributed by atoms with Crippen molar-refractivity contribution < 1.29 is 4.42 Å². The molecule has 0 aliphatic rings. The molecule has 5 heteroatoms. The number of fused-ring (bicyclic) bond motifs is 1. The van der Waals surface area contributed by atoms with Gasteiger partial charge in [-0.1, -0.05) is 12.1 Å². The van der Waals surface area contributed by atoms with Gasteiger partial charge >= 0.3 is 0 Å². The molecule has 3 heterocycles. The summed E-state index contributed by atoms with van der Waals surface area (Å²) >= 11 is 0. The molecule has 0 spiro atoms. The van der Waals surface area contributed by atoms with Crippen molar-refractivity contribution in [1.82, 2.24) is 19.3 Å². The molecular weight excluding hydrogens is 312 g/mol. The number of furan rings is 1. The Hall–Kier alpha value is -3.60. The largest absolute Gasteiger partial charge is 0.472 e. The third-order valence-electron chi connectivity index (χ3n) is 4.28. The molecule has 5 aromatic rings. The van der Waals surface area contributed by atoms with Crippen molar-refractivity contribution in [3.8, 4) is 22.5 Å². The van der Waals surface area contributed by atoms with Gasteiger partial charge in [-0.25, -0.2) is 9.67 Å². The van der Waals surface area contributed by atoms with Gasteiger partial charge in [-0.3, -0.25) is 4.57 Å². The van der Waals surface area contributed by atoms with Gasteiger partial charge in [0.25, 0.3) is 0 Å². The summed E-state index contributed by atoms with van der Waals surface area (Å²) in [6, 6.07) is 18.3. The maximum atomic E-state index is 5.17. The molecule has 25 heavy (non-hydrogen) atoms. The SMILES string of the molecule is c1cc(-n2cccn2)cc(-n2cnc3cc(-c4ccoc4)ccc32)c1. The van der Waals surface area contributed by atoms with Gasteiger partial charge in [-0.05, 0) is 48.0 Å². The lowest BCUT2D eigenvalue weighted by Crippen LogP contribution is -1.97. The van der Waals surface area contributed by atoms with Crippen LogP contribution in [0.2, 0.25) is 0 Å². The van der Waals surface area contributed by atoms with E-state index < -0.39 is 0 Å². The molecule has 0 N–H and O–H groups in total. The number of aromatic nitrogens is 4. The van der Waals surface area contributed by atoms with Gasteiger partial charge in [0.1, 0.15) is 6.33 Å². The third-order valence-corrected chi connectivity index (χ3v) is 4.28. The highest BCUT2D eigenvalue weighted by Gasteiger charge is 2.08. The minimum atomic E-state index is 0.947. The minimum absolute atomic E-state index is 0.947. The molecular formula is C20H14N4O. The van der Waals surface area contributed by atoms with E-state index in [0.717, 1.165) is 33.5 Å². The van der Waals surface area contributed by atoms with Gasteiger partial charge < -0.3 is 4.42 Å². The summed E-state index contributed by atoms with van der Waals surface area (Å²) in [5, 5.41) is 4.29. The summed E-state index contributed by atoms with van der Waals surface area (Å²) in [6.07, 6.45) is 8.98. The Morgan fingerprint density at radius 1 is 0.880 bits per heavy atom. The van der Waals surface area contributed by atoms with Crippen LogP contribution in [-0.2, 0) is 0 Å². The van der Waals surface area contributed by atoms with Crippen molar-refractivity contribution in [3.05, 3.63) is 85.8 Å². The molecule has 0 saturated heterocycles. The second-order valence-corrected chi connectivity index (χ2v) is 5.80. The van der Waals surface area contributed by atoms with Crippen LogP contribution in [0.15, 0.2) is 90.3 Å². The Bertz CT molecular complexity index is 1140. The Kier molecular flexibility index (Phi) is 3.03. The fourth-order valence-electron chi connectivity index (χ4n) is 3.03. The Labute approximate surface area is 143 Å². The lowest BCUT2D eigenvalue weighted by molar-refractivity contribution is 0.568. The van der Waals surface area contributed by atoms with E-state index >= 15 is 0 Å². The van der Waals surface area contributed by atoms with E-state index in [1.807, 2.05) is 41.5 Å². The van der Waals surface area contributed by atoms with Crippen LogP contribution in [0.5, 0.6) is 0 Å². The zero-order chi connectivity index (χ0) is 16.6. The zero-order valence-electron chi connectivity index (χ0n) is 13.3. The van der Waals surface area contributed by atoms with Crippen molar-refractivity contribution in [3.63, 3.8) is 0 Å². The Morgan fingerprint density at radius 3 is 2.68 bits per heavy atom. The normalized spacial score (nSPS) is 11.2. The number of imidazole rings is 1. The third kappa shape index (κ3) is 2.33. The first-order valence-corrected chi connectivity index (χ1v) is 7.99. The Morgan fingerprint density at radius 2 is 1.84 bits per heavy atom. The number of nitrogens with zero attached hydrogens (tertiary/aromatic N) is 4. The van der Waals surface area contributed by atoms with Gasteiger partial charge in [-0.15, -0.1) is 0 Å². The van der Waals surface area contributed by atoms with Gasteiger partial charge in [-0.2, -0.15) is 5.10 Å². The van der Waals surface area contributed by atoms with E-state index in [9.17, 15) is 0 Å². The van der Waals surface area contributed by atoms with Crippen LogP contribution >= 0.6 is 0 Å². The molecule has 5 nitrogen and oxygen atoms in total. The fourth-order valence-corrected chi connectivity index (χ4v) is 3.03. The number of hydrogen-bond donors (Lipinski definition) is 0. The summed E-state index contributed by atoms with van der Waals surface area (Å²) < 4.78 is 9.10. The van der Waals surface area contributed by atoms with E-state index in [0.29, 0.717) is 0 Å². The van der Waals surface area contributed by atoms with Crippen LogP contribution in [0.1, 0.15) is 0 Å². The van der Waals surface area contributed by atoms with Gasteiger partial charge in [0.2, 0.25) is 0 Å². The fraction of sp³-hybridized carbons (Fsp3) is 0. The minimum Gasteiger partial charge on any atom is -0.472 e. The first kappa shape index (κ1) is 13.8. The Balaban J connectivity index is 1.61. The molecule has 0 saturated carbocycles. The molecule has 0 aliphatic carbocycles. The highest BCUT2D eigenvalue weighted by Crippen LogP contribution is 2.26. The average Bonchev–Trinajstić information content (AvgIpc) is 3.42. The van der Waals surface area contributed by atoms with E-state index in [2.05, 4.69) is 45.0 Å². The lowest BCUT2D eigenvalue weighted by atomic mass is 10.1. The first-order chi connectivity index (χ1) is 12.4. The summed E-state index contributed by atoms with van der Waals surface area (Å²) in [5.74, 6) is 0. The van der Waals surface area contributed by atoms with Crippen molar-refractivity contribution in [2.75, 3.05) is 0 Å². The molecule has 120 valence electrons. The molecule has 0 aliphatic heterocycles. The lowest BCUT2D eigenvalue weighted by Gasteiger charge is -2.08. The molecule has 0 atom stereocenters. The maximum Gasteiger partial charge on any atom is 0.100 e. The average molecular weight is 326 g/mol. The summed E-state index contributed by atoms with van der Waals surface area (Å²) in [5.41, 5.74) is 6.22. The van der Waals surface area contributed by atoms with Gasteiger partial charge in [0.15, 0.2) is 0 Å². The van der Waals surface area contributed by atoms with E-state index in [4.69, 9.17) is 4.42 Å². The highest BCUT2D eigenvalue weighted by atomic mass is 16.3. The van der Waals surface area contributed by atoms with Crippen molar-refractivity contribution in [2.45, 2.75) is 0 Å². The number of hydrogen-bond acceptors (Lipinski definition) is 3. The summed E-state index contributed by atoms with van der Waals surface area (Å²) in [7, 11) is 0. The van der Waals surface area contributed by atoms with Gasteiger partial charge in [0, 0.05) is 23.6 Å².